The maximum absolute atomic E-state index is 2.36. The van der Waals surface area contributed by atoms with Gasteiger partial charge in [0.1, 0.15) is 7.28 Å². The Labute approximate surface area is 160 Å². The van der Waals surface area contributed by atoms with E-state index < -0.39 is 0 Å². The van der Waals surface area contributed by atoms with Crippen LogP contribution >= 0.6 is 0 Å². The van der Waals surface area contributed by atoms with Gasteiger partial charge in [0.2, 0.25) is 0 Å². The molecule has 1 aromatic heterocycles. The van der Waals surface area contributed by atoms with Crippen molar-refractivity contribution in [3.05, 3.63) is 97.1 Å². The average Bonchev–Trinajstić information content (AvgIpc) is 3.08. The molecule has 0 amide bonds. The smallest absolute Gasteiger partial charge is 0.148 e. The molecule has 0 aliphatic carbocycles. The first-order valence-electron chi connectivity index (χ1n) is 9.33. The zero-order valence-corrected chi connectivity index (χ0v) is 15.3. The SMILES string of the molecule is C[B]c1ccc2c(c1)c1ccccc1n2-c1ccc(-c2ccccc2)cc1. The molecule has 0 bridgehead atoms. The topological polar surface area (TPSA) is 4.93 Å². The minimum atomic E-state index is 1.19. The van der Waals surface area contributed by atoms with Gasteiger partial charge in [0.25, 0.3) is 0 Å². The molecular formula is C25H19BN. The number of hydrogen-bond donors (Lipinski definition) is 0. The van der Waals surface area contributed by atoms with Gasteiger partial charge < -0.3 is 4.57 Å². The molecule has 27 heavy (non-hydrogen) atoms. The molecule has 0 fully saturated rings. The molecule has 0 aliphatic heterocycles. The van der Waals surface area contributed by atoms with E-state index in [1.807, 2.05) is 0 Å². The first-order valence-corrected chi connectivity index (χ1v) is 9.33. The van der Waals surface area contributed by atoms with Crippen LogP contribution in [0.15, 0.2) is 97.1 Å². The third-order valence-electron chi connectivity index (χ3n) is 5.26. The van der Waals surface area contributed by atoms with Crippen molar-refractivity contribution in [3.8, 4) is 16.8 Å². The molecule has 2 heteroatoms. The van der Waals surface area contributed by atoms with Crippen LogP contribution in [0.2, 0.25) is 6.82 Å². The monoisotopic (exact) mass is 344 g/mol. The van der Waals surface area contributed by atoms with Crippen LogP contribution in [-0.2, 0) is 0 Å². The molecule has 127 valence electrons. The van der Waals surface area contributed by atoms with Gasteiger partial charge in [0.15, 0.2) is 0 Å². The highest BCUT2D eigenvalue weighted by Crippen LogP contribution is 2.32. The maximum atomic E-state index is 2.36. The van der Waals surface area contributed by atoms with Crippen LogP contribution in [0.3, 0.4) is 0 Å². The number of aromatic nitrogens is 1. The van der Waals surface area contributed by atoms with Crippen LogP contribution in [-0.4, -0.2) is 11.8 Å². The average molecular weight is 344 g/mol. The van der Waals surface area contributed by atoms with Crippen LogP contribution in [0.5, 0.6) is 0 Å². The predicted molar refractivity (Wildman–Crippen MR) is 117 cm³/mol. The van der Waals surface area contributed by atoms with E-state index in [1.54, 1.807) is 0 Å². The lowest BCUT2D eigenvalue weighted by Crippen LogP contribution is -2.09. The molecule has 0 unspecified atom stereocenters. The van der Waals surface area contributed by atoms with Gasteiger partial charge in [-0.1, -0.05) is 85.1 Å². The molecule has 0 atom stereocenters. The third kappa shape index (κ3) is 2.65. The number of para-hydroxylation sites is 1. The van der Waals surface area contributed by atoms with Crippen molar-refractivity contribution in [2.24, 2.45) is 0 Å². The number of hydrogen-bond acceptors (Lipinski definition) is 0. The van der Waals surface area contributed by atoms with Gasteiger partial charge in [-0.3, -0.25) is 0 Å². The number of nitrogens with zero attached hydrogens (tertiary/aromatic N) is 1. The third-order valence-corrected chi connectivity index (χ3v) is 5.26. The van der Waals surface area contributed by atoms with Crippen LogP contribution < -0.4 is 5.46 Å². The molecule has 4 aromatic carbocycles. The lowest BCUT2D eigenvalue weighted by Gasteiger charge is -2.09. The van der Waals surface area contributed by atoms with Crippen molar-refractivity contribution >= 4 is 34.5 Å². The summed E-state index contributed by atoms with van der Waals surface area (Å²) in [5, 5.41) is 2.59. The Morgan fingerprint density at radius 1 is 0.593 bits per heavy atom. The van der Waals surface area contributed by atoms with E-state index in [-0.39, 0.29) is 0 Å². The van der Waals surface area contributed by atoms with Crippen molar-refractivity contribution in [3.63, 3.8) is 0 Å². The quantitative estimate of drug-likeness (QED) is 0.363. The Morgan fingerprint density at radius 2 is 1.26 bits per heavy atom. The number of rotatable bonds is 3. The van der Waals surface area contributed by atoms with Crippen LogP contribution in [0.25, 0.3) is 38.6 Å². The fraction of sp³-hybridized carbons (Fsp3) is 0.0400. The summed E-state index contributed by atoms with van der Waals surface area (Å²) in [4.78, 5) is 0. The van der Waals surface area contributed by atoms with Gasteiger partial charge in [-0.05, 0) is 35.4 Å². The highest BCUT2D eigenvalue weighted by atomic mass is 15.0. The van der Waals surface area contributed by atoms with Crippen LogP contribution in [0.1, 0.15) is 0 Å². The van der Waals surface area contributed by atoms with Crippen molar-refractivity contribution in [2.45, 2.75) is 6.82 Å². The molecule has 5 rings (SSSR count). The normalized spacial score (nSPS) is 11.1. The summed E-state index contributed by atoms with van der Waals surface area (Å²) in [6, 6.07) is 34.7. The van der Waals surface area contributed by atoms with Crippen molar-refractivity contribution < 1.29 is 0 Å². The highest BCUT2D eigenvalue weighted by Gasteiger charge is 2.12. The lowest BCUT2D eigenvalue weighted by atomic mass is 9.73. The fourth-order valence-electron chi connectivity index (χ4n) is 3.88. The van der Waals surface area contributed by atoms with E-state index in [0.29, 0.717) is 0 Å². The summed E-state index contributed by atoms with van der Waals surface area (Å²) in [5.74, 6) is 0. The Morgan fingerprint density at radius 3 is 2.04 bits per heavy atom. The van der Waals surface area contributed by atoms with E-state index in [4.69, 9.17) is 0 Å². The molecule has 1 radical (unpaired) electrons. The Balaban J connectivity index is 1.72. The Hall–Kier alpha value is -3.26. The van der Waals surface area contributed by atoms with E-state index in [0.717, 1.165) is 0 Å². The molecule has 0 N–H and O–H groups in total. The summed E-state index contributed by atoms with van der Waals surface area (Å²) in [7, 11) is 2.15. The Bertz CT molecular complexity index is 1230. The number of fused-ring (bicyclic) bond motifs is 3. The van der Waals surface area contributed by atoms with Crippen molar-refractivity contribution in [1.82, 2.24) is 4.57 Å². The maximum Gasteiger partial charge on any atom is 0.148 e. The van der Waals surface area contributed by atoms with E-state index in [9.17, 15) is 0 Å². The molecule has 5 aromatic rings. The van der Waals surface area contributed by atoms with E-state index in [2.05, 4.69) is 116 Å². The van der Waals surface area contributed by atoms with Crippen LogP contribution in [0.4, 0.5) is 0 Å². The van der Waals surface area contributed by atoms with Crippen molar-refractivity contribution in [1.29, 1.82) is 0 Å². The van der Waals surface area contributed by atoms with Gasteiger partial charge in [-0.15, -0.1) is 0 Å². The van der Waals surface area contributed by atoms with Gasteiger partial charge >= 0.3 is 0 Å². The molecule has 1 nitrogen and oxygen atoms in total. The molecular weight excluding hydrogens is 325 g/mol. The molecule has 0 spiro atoms. The summed E-state index contributed by atoms with van der Waals surface area (Å²) in [6.07, 6.45) is 0. The van der Waals surface area contributed by atoms with Gasteiger partial charge in [0, 0.05) is 16.5 Å². The second-order valence-electron chi connectivity index (χ2n) is 6.83. The van der Waals surface area contributed by atoms with Gasteiger partial charge in [-0.2, -0.15) is 0 Å². The zero-order chi connectivity index (χ0) is 18.2. The first-order chi connectivity index (χ1) is 13.3. The molecule has 1 heterocycles. The second-order valence-corrected chi connectivity index (χ2v) is 6.83. The highest BCUT2D eigenvalue weighted by molar-refractivity contribution is 6.52. The summed E-state index contributed by atoms with van der Waals surface area (Å²) >= 11 is 0. The largest absolute Gasteiger partial charge is 0.309 e. The molecule has 0 saturated heterocycles. The molecule has 0 aliphatic rings. The minimum absolute atomic E-state index is 1.19. The fourth-order valence-corrected chi connectivity index (χ4v) is 3.88. The second kappa shape index (κ2) is 6.48. The first kappa shape index (κ1) is 16.0. The summed E-state index contributed by atoms with van der Waals surface area (Å²) in [5.41, 5.74) is 7.42. The predicted octanol–water partition coefficient (Wildman–Crippen LogP) is 5.83. The van der Waals surface area contributed by atoms with Gasteiger partial charge in [0.05, 0.1) is 11.0 Å². The zero-order valence-electron chi connectivity index (χ0n) is 15.3. The minimum Gasteiger partial charge on any atom is -0.309 e. The van der Waals surface area contributed by atoms with E-state index >= 15 is 0 Å². The van der Waals surface area contributed by atoms with E-state index in [1.165, 1.54) is 44.1 Å². The lowest BCUT2D eigenvalue weighted by molar-refractivity contribution is 1.18. The summed E-state index contributed by atoms with van der Waals surface area (Å²) < 4.78 is 2.36. The number of benzene rings is 4. The standard InChI is InChI=1S/C25H19BN/c1-26-20-13-16-25-23(17-20)22-9-5-6-10-24(22)27(25)21-14-11-19(12-15-21)18-7-3-2-4-8-18/h2-17H,1H3. The van der Waals surface area contributed by atoms with Gasteiger partial charge in [-0.25, -0.2) is 0 Å². The summed E-state index contributed by atoms with van der Waals surface area (Å²) in [6.45, 7) is 2.09. The van der Waals surface area contributed by atoms with Crippen LogP contribution in [0, 0.1) is 0 Å². The van der Waals surface area contributed by atoms with Crippen molar-refractivity contribution in [2.75, 3.05) is 0 Å². The molecule has 0 saturated carbocycles. The Kier molecular flexibility index (Phi) is 3.83.